The first-order valence-corrected chi connectivity index (χ1v) is 4.77. The molecule has 1 aliphatic rings. The van der Waals surface area contributed by atoms with E-state index in [9.17, 15) is 4.79 Å². The zero-order chi connectivity index (χ0) is 9.19. The van der Waals surface area contributed by atoms with Crippen molar-refractivity contribution in [3.8, 4) is 6.07 Å². The SMILES string of the molecule is CC(C#N)NC(=O)C1(Br)CCC1. The van der Waals surface area contributed by atoms with E-state index in [4.69, 9.17) is 5.26 Å². The quantitative estimate of drug-likeness (QED) is 0.729. The molecule has 0 heterocycles. The monoisotopic (exact) mass is 230 g/mol. The number of nitrogens with zero attached hydrogens (tertiary/aromatic N) is 1. The number of carbonyl (C=O) groups excluding carboxylic acids is 1. The van der Waals surface area contributed by atoms with Crippen molar-refractivity contribution in [2.75, 3.05) is 0 Å². The zero-order valence-corrected chi connectivity index (χ0v) is 8.52. The largest absolute Gasteiger partial charge is 0.339 e. The number of amides is 1. The molecule has 1 aliphatic carbocycles. The number of hydrogen-bond acceptors (Lipinski definition) is 2. The highest BCUT2D eigenvalue weighted by molar-refractivity contribution is 9.10. The van der Waals surface area contributed by atoms with Crippen LogP contribution in [0.2, 0.25) is 0 Å². The Kier molecular flexibility index (Phi) is 2.73. The molecule has 1 fully saturated rings. The normalized spacial score (nSPS) is 21.8. The number of nitrogens with one attached hydrogen (secondary N) is 1. The van der Waals surface area contributed by atoms with Crippen molar-refractivity contribution in [3.05, 3.63) is 0 Å². The van der Waals surface area contributed by atoms with Gasteiger partial charge < -0.3 is 5.32 Å². The fourth-order valence-electron chi connectivity index (χ4n) is 1.07. The van der Waals surface area contributed by atoms with Crippen LogP contribution in [0, 0.1) is 11.3 Å². The summed E-state index contributed by atoms with van der Waals surface area (Å²) in [4.78, 5) is 11.4. The van der Waals surface area contributed by atoms with Gasteiger partial charge in [0.1, 0.15) is 10.4 Å². The highest BCUT2D eigenvalue weighted by Crippen LogP contribution is 2.40. The van der Waals surface area contributed by atoms with Crippen LogP contribution < -0.4 is 5.32 Å². The van der Waals surface area contributed by atoms with Gasteiger partial charge in [-0.1, -0.05) is 15.9 Å². The lowest BCUT2D eigenvalue weighted by Crippen LogP contribution is -2.49. The molecule has 0 saturated heterocycles. The summed E-state index contributed by atoms with van der Waals surface area (Å²) in [7, 11) is 0. The third-order valence-electron chi connectivity index (χ3n) is 2.09. The average Bonchev–Trinajstić information content (AvgIpc) is 1.99. The Morgan fingerprint density at radius 1 is 1.75 bits per heavy atom. The van der Waals surface area contributed by atoms with Gasteiger partial charge in [0.15, 0.2) is 0 Å². The standard InChI is InChI=1S/C8H11BrN2O/c1-6(5-10)11-7(12)8(9)3-2-4-8/h6H,2-4H2,1H3,(H,11,12). The molecule has 0 bridgehead atoms. The molecule has 1 rings (SSSR count). The molecule has 0 aromatic rings. The molecule has 1 saturated carbocycles. The lowest BCUT2D eigenvalue weighted by atomic mass is 9.84. The predicted octanol–water partition coefficient (Wildman–Crippen LogP) is 1.33. The van der Waals surface area contributed by atoms with Gasteiger partial charge in [0.25, 0.3) is 0 Å². The van der Waals surface area contributed by atoms with Crippen molar-refractivity contribution in [1.82, 2.24) is 5.32 Å². The van der Waals surface area contributed by atoms with Gasteiger partial charge in [0.2, 0.25) is 5.91 Å². The number of alkyl halides is 1. The first-order valence-electron chi connectivity index (χ1n) is 3.98. The maximum Gasteiger partial charge on any atom is 0.237 e. The fraction of sp³-hybridized carbons (Fsp3) is 0.750. The smallest absolute Gasteiger partial charge is 0.237 e. The van der Waals surface area contributed by atoms with Crippen molar-refractivity contribution in [2.24, 2.45) is 0 Å². The van der Waals surface area contributed by atoms with Crippen LogP contribution >= 0.6 is 15.9 Å². The molecule has 1 N–H and O–H groups in total. The predicted molar refractivity (Wildman–Crippen MR) is 48.7 cm³/mol. The Morgan fingerprint density at radius 2 is 2.33 bits per heavy atom. The van der Waals surface area contributed by atoms with Gasteiger partial charge in [-0.05, 0) is 26.2 Å². The van der Waals surface area contributed by atoms with Crippen molar-refractivity contribution in [1.29, 1.82) is 5.26 Å². The maximum atomic E-state index is 11.4. The topological polar surface area (TPSA) is 52.9 Å². The summed E-state index contributed by atoms with van der Waals surface area (Å²) in [6.45, 7) is 1.67. The van der Waals surface area contributed by atoms with Gasteiger partial charge >= 0.3 is 0 Å². The number of halogens is 1. The van der Waals surface area contributed by atoms with E-state index < -0.39 is 6.04 Å². The molecule has 1 unspecified atom stereocenters. The third kappa shape index (κ3) is 1.78. The molecule has 1 atom stereocenters. The minimum absolute atomic E-state index is 0.0530. The lowest BCUT2D eigenvalue weighted by molar-refractivity contribution is -0.125. The average molecular weight is 231 g/mol. The van der Waals surface area contributed by atoms with Gasteiger partial charge in [0.05, 0.1) is 6.07 Å². The van der Waals surface area contributed by atoms with Gasteiger partial charge in [-0.3, -0.25) is 4.79 Å². The Balaban J connectivity index is 2.44. The van der Waals surface area contributed by atoms with E-state index in [1.54, 1.807) is 6.92 Å². The molecule has 0 aliphatic heterocycles. The van der Waals surface area contributed by atoms with Gasteiger partial charge in [-0.2, -0.15) is 5.26 Å². The summed E-state index contributed by atoms with van der Waals surface area (Å²) < 4.78 is -0.377. The van der Waals surface area contributed by atoms with Crippen LogP contribution in [0.5, 0.6) is 0 Å². The first kappa shape index (κ1) is 9.53. The Labute approximate surface area is 80.3 Å². The van der Waals surface area contributed by atoms with E-state index in [-0.39, 0.29) is 10.2 Å². The number of carbonyl (C=O) groups is 1. The fourth-order valence-corrected chi connectivity index (χ4v) is 1.75. The van der Waals surface area contributed by atoms with Gasteiger partial charge in [-0.25, -0.2) is 0 Å². The Hall–Kier alpha value is -0.560. The first-order chi connectivity index (χ1) is 5.58. The summed E-state index contributed by atoms with van der Waals surface area (Å²) in [5, 5.41) is 11.1. The van der Waals surface area contributed by atoms with Crippen molar-refractivity contribution in [3.63, 3.8) is 0 Å². The lowest BCUT2D eigenvalue weighted by Gasteiger charge is -2.34. The summed E-state index contributed by atoms with van der Waals surface area (Å²) >= 11 is 3.37. The minimum atomic E-state index is -0.396. The molecule has 0 radical (unpaired) electrons. The second-order valence-corrected chi connectivity index (χ2v) is 4.66. The molecular formula is C8H11BrN2O. The number of rotatable bonds is 2. The second kappa shape index (κ2) is 3.44. The van der Waals surface area contributed by atoms with Crippen molar-refractivity contribution < 1.29 is 4.79 Å². The molecule has 4 heteroatoms. The summed E-state index contributed by atoms with van der Waals surface area (Å²) in [6, 6.07) is 1.57. The van der Waals surface area contributed by atoms with Crippen LogP contribution in [-0.4, -0.2) is 16.3 Å². The van der Waals surface area contributed by atoms with E-state index in [2.05, 4.69) is 21.2 Å². The molecule has 12 heavy (non-hydrogen) atoms. The van der Waals surface area contributed by atoms with Crippen molar-refractivity contribution >= 4 is 21.8 Å². The van der Waals surface area contributed by atoms with E-state index >= 15 is 0 Å². The van der Waals surface area contributed by atoms with Crippen LogP contribution in [0.4, 0.5) is 0 Å². The number of hydrogen-bond donors (Lipinski definition) is 1. The Morgan fingerprint density at radius 3 is 2.67 bits per heavy atom. The number of nitriles is 1. The summed E-state index contributed by atoms with van der Waals surface area (Å²) in [6.07, 6.45) is 2.83. The maximum absolute atomic E-state index is 11.4. The minimum Gasteiger partial charge on any atom is -0.339 e. The van der Waals surface area contributed by atoms with E-state index in [1.807, 2.05) is 6.07 Å². The Bertz CT molecular complexity index is 230. The summed E-state index contributed by atoms with van der Waals surface area (Å²) in [5.41, 5.74) is 0. The van der Waals surface area contributed by atoms with Crippen LogP contribution in [0.3, 0.4) is 0 Å². The molecule has 0 aromatic heterocycles. The molecule has 1 amide bonds. The molecule has 66 valence electrons. The second-order valence-electron chi connectivity index (χ2n) is 3.14. The molecule has 0 spiro atoms. The molecule has 3 nitrogen and oxygen atoms in total. The van der Waals surface area contributed by atoms with Crippen LogP contribution in [-0.2, 0) is 4.79 Å². The van der Waals surface area contributed by atoms with Crippen LogP contribution in [0.1, 0.15) is 26.2 Å². The van der Waals surface area contributed by atoms with Crippen molar-refractivity contribution in [2.45, 2.75) is 36.6 Å². The summed E-state index contributed by atoms with van der Waals surface area (Å²) in [5.74, 6) is -0.0530. The molecular weight excluding hydrogens is 220 g/mol. The third-order valence-corrected chi connectivity index (χ3v) is 3.25. The van der Waals surface area contributed by atoms with Gasteiger partial charge in [-0.15, -0.1) is 0 Å². The zero-order valence-electron chi connectivity index (χ0n) is 6.93. The van der Waals surface area contributed by atoms with Gasteiger partial charge in [0, 0.05) is 0 Å². The molecule has 0 aromatic carbocycles. The van der Waals surface area contributed by atoms with Crippen LogP contribution in [0.15, 0.2) is 0 Å². The highest BCUT2D eigenvalue weighted by Gasteiger charge is 2.41. The van der Waals surface area contributed by atoms with E-state index in [0.29, 0.717) is 0 Å². The van der Waals surface area contributed by atoms with E-state index in [1.165, 1.54) is 0 Å². The van der Waals surface area contributed by atoms with Crippen LogP contribution in [0.25, 0.3) is 0 Å². The van der Waals surface area contributed by atoms with E-state index in [0.717, 1.165) is 19.3 Å². The highest BCUT2D eigenvalue weighted by atomic mass is 79.9.